The predicted molar refractivity (Wildman–Crippen MR) is 87.3 cm³/mol. The average molecular weight is 317 g/mol. The van der Waals surface area contributed by atoms with Gasteiger partial charge in [0.05, 0.1) is 26.7 Å². The van der Waals surface area contributed by atoms with Crippen molar-refractivity contribution in [2.75, 3.05) is 39.8 Å². The summed E-state index contributed by atoms with van der Waals surface area (Å²) in [4.78, 5) is 20.9. The zero-order valence-corrected chi connectivity index (χ0v) is 13.6. The van der Waals surface area contributed by atoms with Crippen LogP contribution in [0.3, 0.4) is 0 Å². The maximum absolute atomic E-state index is 10.3. The van der Waals surface area contributed by atoms with Gasteiger partial charge in [0.15, 0.2) is 11.5 Å². The average Bonchev–Trinajstić information content (AvgIpc) is 2.59. The Morgan fingerprint density at radius 1 is 1.17 bits per heavy atom. The van der Waals surface area contributed by atoms with Crippen molar-refractivity contribution in [2.24, 2.45) is 0 Å². The normalized spacial score (nSPS) is 10.1. The molecule has 0 radical (unpaired) electrons. The maximum Gasteiger partial charge on any atom is 0.205 e. The van der Waals surface area contributed by atoms with Gasteiger partial charge in [0.2, 0.25) is 5.75 Å². The maximum atomic E-state index is 10.3. The van der Waals surface area contributed by atoms with Gasteiger partial charge in [-0.25, -0.2) is 14.8 Å². The number of hydrogen-bond acceptors (Lipinski definition) is 7. The van der Waals surface area contributed by atoms with E-state index in [9.17, 15) is 4.79 Å². The van der Waals surface area contributed by atoms with E-state index in [1.54, 1.807) is 27.3 Å². The van der Waals surface area contributed by atoms with Gasteiger partial charge in [0.1, 0.15) is 23.6 Å². The molecule has 0 aliphatic rings. The monoisotopic (exact) mass is 317 g/mol. The molecule has 0 aliphatic carbocycles. The smallest absolute Gasteiger partial charge is 0.205 e. The highest BCUT2D eigenvalue weighted by molar-refractivity contribution is 5.96. The van der Waals surface area contributed by atoms with Crippen LogP contribution in [0.15, 0.2) is 18.5 Å². The highest BCUT2D eigenvalue weighted by Crippen LogP contribution is 2.44. The molecule has 0 spiro atoms. The van der Waals surface area contributed by atoms with Gasteiger partial charge in [0, 0.05) is 19.7 Å². The predicted octanol–water partition coefficient (Wildman–Crippen LogP) is 1.87. The fourth-order valence-corrected chi connectivity index (χ4v) is 2.38. The van der Waals surface area contributed by atoms with Crippen molar-refractivity contribution in [3.05, 3.63) is 18.5 Å². The van der Waals surface area contributed by atoms with E-state index >= 15 is 0 Å². The first-order chi connectivity index (χ1) is 11.2. The van der Waals surface area contributed by atoms with E-state index < -0.39 is 0 Å². The van der Waals surface area contributed by atoms with Gasteiger partial charge in [-0.1, -0.05) is 0 Å². The van der Waals surface area contributed by atoms with Crippen LogP contribution in [0.2, 0.25) is 0 Å². The highest BCUT2D eigenvalue weighted by Gasteiger charge is 2.20. The van der Waals surface area contributed by atoms with Crippen molar-refractivity contribution in [1.82, 2.24) is 9.97 Å². The molecule has 1 heterocycles. The van der Waals surface area contributed by atoms with Crippen LogP contribution in [0.4, 0.5) is 5.82 Å². The van der Waals surface area contributed by atoms with Gasteiger partial charge in [0.25, 0.3) is 0 Å². The number of anilines is 1. The first-order valence-electron chi connectivity index (χ1n) is 7.02. The number of fused-ring (bicyclic) bond motifs is 1. The molecule has 0 N–H and O–H groups in total. The van der Waals surface area contributed by atoms with Gasteiger partial charge in [-0.3, -0.25) is 0 Å². The fraction of sp³-hybridized carbons (Fsp3) is 0.375. The number of ether oxygens (including phenoxy) is 3. The van der Waals surface area contributed by atoms with E-state index in [0.717, 1.165) is 5.39 Å². The molecule has 0 saturated carbocycles. The van der Waals surface area contributed by atoms with E-state index in [2.05, 4.69) is 9.97 Å². The lowest BCUT2D eigenvalue weighted by Gasteiger charge is -2.20. The summed E-state index contributed by atoms with van der Waals surface area (Å²) in [5.74, 6) is 4.00. The fourth-order valence-electron chi connectivity index (χ4n) is 2.38. The summed E-state index contributed by atoms with van der Waals surface area (Å²) in [6.45, 7) is 0.623. The summed E-state index contributed by atoms with van der Waals surface area (Å²) in [6, 6.07) is 1.82. The molecule has 122 valence electrons. The lowest BCUT2D eigenvalue weighted by atomic mass is 10.1. The summed E-state index contributed by atoms with van der Waals surface area (Å²) in [5, 5.41) is 0.777. The topological polar surface area (TPSA) is 73.8 Å². The Labute approximate surface area is 134 Å². The van der Waals surface area contributed by atoms with Crippen molar-refractivity contribution in [2.45, 2.75) is 6.42 Å². The van der Waals surface area contributed by atoms with Gasteiger partial charge in [-0.05, 0) is 12.5 Å². The summed E-state index contributed by atoms with van der Waals surface area (Å²) in [7, 11) is 6.55. The molecular formula is C16H19N3O4. The second-order valence-corrected chi connectivity index (χ2v) is 4.77. The van der Waals surface area contributed by atoms with Crippen molar-refractivity contribution < 1.29 is 19.0 Å². The third-order valence-corrected chi connectivity index (χ3v) is 3.47. The highest BCUT2D eigenvalue weighted by atomic mass is 16.5. The Morgan fingerprint density at radius 3 is 2.52 bits per heavy atom. The molecule has 1 aromatic heterocycles. The van der Waals surface area contributed by atoms with Crippen LogP contribution in [-0.2, 0) is 4.79 Å². The SMILES string of the molecule is COc1cc2c(N(C)CCC=C=O)ncnc2c(OC)c1OC. The first-order valence-corrected chi connectivity index (χ1v) is 7.02. The van der Waals surface area contributed by atoms with E-state index in [4.69, 9.17) is 14.2 Å². The molecule has 0 bridgehead atoms. The lowest BCUT2D eigenvalue weighted by Crippen LogP contribution is -2.19. The second kappa shape index (κ2) is 7.47. The molecule has 0 fully saturated rings. The molecule has 0 amide bonds. The second-order valence-electron chi connectivity index (χ2n) is 4.77. The van der Waals surface area contributed by atoms with Gasteiger partial charge in [-0.2, -0.15) is 0 Å². The minimum Gasteiger partial charge on any atom is -0.493 e. The van der Waals surface area contributed by atoms with Crippen molar-refractivity contribution >= 4 is 22.7 Å². The van der Waals surface area contributed by atoms with Crippen molar-refractivity contribution in [1.29, 1.82) is 0 Å². The summed E-state index contributed by atoms with van der Waals surface area (Å²) < 4.78 is 16.2. The third kappa shape index (κ3) is 3.19. The summed E-state index contributed by atoms with van der Waals surface area (Å²) in [5.41, 5.74) is 0.632. The van der Waals surface area contributed by atoms with E-state index in [1.807, 2.05) is 18.0 Å². The van der Waals surface area contributed by atoms with Gasteiger partial charge in [-0.15, -0.1) is 0 Å². The minimum atomic E-state index is 0.485. The van der Waals surface area contributed by atoms with Crippen LogP contribution in [-0.4, -0.2) is 50.8 Å². The Kier molecular flexibility index (Phi) is 5.38. The zero-order valence-electron chi connectivity index (χ0n) is 13.6. The molecule has 0 atom stereocenters. The van der Waals surface area contributed by atoms with Crippen LogP contribution < -0.4 is 19.1 Å². The zero-order chi connectivity index (χ0) is 16.8. The van der Waals surface area contributed by atoms with Crippen LogP contribution in [0.1, 0.15) is 6.42 Å². The van der Waals surface area contributed by atoms with Gasteiger partial charge < -0.3 is 19.1 Å². The van der Waals surface area contributed by atoms with Crippen LogP contribution in [0.25, 0.3) is 10.9 Å². The standard InChI is InChI=1S/C16H19N3O4/c1-19(7-5-6-8-20)16-11-9-12(21-2)14(22-3)15(23-4)13(11)17-10-18-16/h6,9-10H,5,7H2,1-4H3. The summed E-state index contributed by atoms with van der Waals surface area (Å²) in [6.07, 6.45) is 3.50. The molecule has 0 saturated heterocycles. The molecule has 7 heteroatoms. The number of hydrogen-bond donors (Lipinski definition) is 0. The molecule has 0 aliphatic heterocycles. The molecular weight excluding hydrogens is 298 g/mol. The lowest BCUT2D eigenvalue weighted by molar-refractivity contribution is 0.327. The molecule has 23 heavy (non-hydrogen) atoms. The van der Waals surface area contributed by atoms with Crippen LogP contribution >= 0.6 is 0 Å². The number of methoxy groups -OCH3 is 3. The third-order valence-electron chi connectivity index (χ3n) is 3.47. The summed E-state index contributed by atoms with van der Waals surface area (Å²) >= 11 is 0. The van der Waals surface area contributed by atoms with E-state index in [1.165, 1.54) is 12.4 Å². The van der Waals surface area contributed by atoms with E-state index in [-0.39, 0.29) is 0 Å². The van der Waals surface area contributed by atoms with Gasteiger partial charge >= 0.3 is 0 Å². The molecule has 0 unspecified atom stereocenters. The largest absolute Gasteiger partial charge is 0.493 e. The number of carbonyl (C=O) groups excluding carboxylic acids is 1. The molecule has 1 aromatic carbocycles. The van der Waals surface area contributed by atoms with Crippen molar-refractivity contribution in [3.8, 4) is 17.2 Å². The first kappa shape index (κ1) is 16.6. The molecule has 2 aromatic rings. The number of benzene rings is 1. The Bertz CT molecular complexity index is 742. The number of rotatable bonds is 7. The van der Waals surface area contributed by atoms with Crippen molar-refractivity contribution in [3.63, 3.8) is 0 Å². The Hall–Kier alpha value is -2.79. The van der Waals surface area contributed by atoms with E-state index in [0.29, 0.717) is 41.5 Å². The minimum absolute atomic E-state index is 0.485. The number of nitrogens with zero attached hydrogens (tertiary/aromatic N) is 3. The Morgan fingerprint density at radius 2 is 1.91 bits per heavy atom. The number of aromatic nitrogens is 2. The Balaban J connectivity index is 2.61. The quantitative estimate of drug-likeness (QED) is 0.722. The van der Waals surface area contributed by atoms with Crippen LogP contribution in [0.5, 0.6) is 17.2 Å². The molecule has 7 nitrogen and oxygen atoms in total. The molecule has 2 rings (SSSR count). The van der Waals surface area contributed by atoms with Crippen LogP contribution in [0, 0.1) is 0 Å².